The van der Waals surface area contributed by atoms with Crippen LogP contribution in [0.1, 0.15) is 19.2 Å². The second-order valence-corrected chi connectivity index (χ2v) is 9.47. The summed E-state index contributed by atoms with van der Waals surface area (Å²) in [5.41, 5.74) is 1.45. The molecule has 2 aromatic carbocycles. The molecule has 0 saturated heterocycles. The van der Waals surface area contributed by atoms with Crippen molar-refractivity contribution in [3.05, 3.63) is 58.0 Å². The molecular formula is C20H20N4O5S2. The lowest BCUT2D eigenvalue weighted by molar-refractivity contribution is 0.376. The van der Waals surface area contributed by atoms with Crippen LogP contribution in [0.4, 0.5) is 0 Å². The Hall–Kier alpha value is -3.02. The van der Waals surface area contributed by atoms with Gasteiger partial charge in [0.2, 0.25) is 21.7 Å². The molecule has 0 bridgehead atoms. The van der Waals surface area contributed by atoms with Gasteiger partial charge in [-0.3, -0.25) is 9.36 Å². The largest absolute Gasteiger partial charge is 0.497 e. The van der Waals surface area contributed by atoms with Crippen LogP contribution in [0.15, 0.2) is 56.7 Å². The third-order valence-corrected chi connectivity index (χ3v) is 6.97. The number of aryl methyl sites for hydroxylation is 1. The summed E-state index contributed by atoms with van der Waals surface area (Å²) in [6.07, 6.45) is 0.816. The van der Waals surface area contributed by atoms with Crippen molar-refractivity contribution in [1.29, 1.82) is 0 Å². The lowest BCUT2D eigenvalue weighted by Gasteiger charge is -2.06. The normalized spacial score (nSPS) is 11.8. The van der Waals surface area contributed by atoms with Crippen LogP contribution >= 0.6 is 11.3 Å². The Morgan fingerprint density at radius 3 is 2.68 bits per heavy atom. The summed E-state index contributed by atoms with van der Waals surface area (Å²) >= 11 is 1.03. The van der Waals surface area contributed by atoms with Crippen molar-refractivity contribution in [2.24, 2.45) is 0 Å². The highest BCUT2D eigenvalue weighted by molar-refractivity contribution is 7.89. The summed E-state index contributed by atoms with van der Waals surface area (Å²) in [6.45, 7) is 2.42. The molecule has 4 aromatic rings. The minimum absolute atomic E-state index is 0.0693. The van der Waals surface area contributed by atoms with Crippen LogP contribution in [0.3, 0.4) is 0 Å². The van der Waals surface area contributed by atoms with Gasteiger partial charge in [0.25, 0.3) is 0 Å². The summed E-state index contributed by atoms with van der Waals surface area (Å²) in [4.78, 5) is 16.3. The zero-order chi connectivity index (χ0) is 22.0. The molecule has 1 N–H and O–H groups in total. The number of rotatable bonds is 8. The van der Waals surface area contributed by atoms with Gasteiger partial charge < -0.3 is 9.26 Å². The molecule has 2 aromatic heterocycles. The van der Waals surface area contributed by atoms with E-state index < -0.39 is 10.0 Å². The Balaban J connectivity index is 1.50. The van der Waals surface area contributed by atoms with E-state index in [0.717, 1.165) is 28.8 Å². The Labute approximate surface area is 182 Å². The minimum atomic E-state index is -3.83. The van der Waals surface area contributed by atoms with E-state index in [1.54, 1.807) is 42.0 Å². The van der Waals surface area contributed by atoms with Crippen molar-refractivity contribution >= 4 is 31.6 Å². The number of hydrogen-bond acceptors (Lipinski definition) is 8. The highest BCUT2D eigenvalue weighted by atomic mass is 32.2. The van der Waals surface area contributed by atoms with E-state index in [9.17, 15) is 13.2 Å². The van der Waals surface area contributed by atoms with Crippen LogP contribution in [0.2, 0.25) is 0 Å². The minimum Gasteiger partial charge on any atom is -0.497 e. The molecule has 162 valence electrons. The quantitative estimate of drug-likeness (QED) is 0.430. The molecule has 0 aliphatic carbocycles. The molecular weight excluding hydrogens is 440 g/mol. The standard InChI is InChI=1S/C20H20N4O5S2/c1-3-10-24-16-9-8-15(11-17(16)30-20(24)25)31(26,27)21-12-18-22-19(23-29-18)13-4-6-14(28-2)7-5-13/h4-9,11,21H,3,10,12H2,1-2H3. The Kier molecular flexibility index (Phi) is 5.90. The van der Waals surface area contributed by atoms with E-state index in [2.05, 4.69) is 14.9 Å². The topological polar surface area (TPSA) is 116 Å². The SMILES string of the molecule is CCCn1c(=O)sc2cc(S(=O)(=O)NCc3nc(-c4ccc(OC)cc4)no3)ccc21. The first kappa shape index (κ1) is 21.2. The fourth-order valence-electron chi connectivity index (χ4n) is 3.07. The van der Waals surface area contributed by atoms with E-state index in [-0.39, 0.29) is 22.2 Å². The molecule has 0 aliphatic rings. The van der Waals surface area contributed by atoms with Gasteiger partial charge in [-0.05, 0) is 48.9 Å². The Morgan fingerprint density at radius 1 is 1.19 bits per heavy atom. The maximum Gasteiger partial charge on any atom is 0.308 e. The zero-order valence-electron chi connectivity index (χ0n) is 16.9. The number of hydrogen-bond donors (Lipinski definition) is 1. The average Bonchev–Trinajstić information content (AvgIpc) is 3.37. The van der Waals surface area contributed by atoms with Crippen molar-refractivity contribution in [1.82, 2.24) is 19.4 Å². The molecule has 0 atom stereocenters. The summed E-state index contributed by atoms with van der Waals surface area (Å²) in [5.74, 6) is 1.18. The number of sulfonamides is 1. The van der Waals surface area contributed by atoms with E-state index in [1.165, 1.54) is 12.1 Å². The van der Waals surface area contributed by atoms with Gasteiger partial charge in [-0.2, -0.15) is 4.98 Å². The molecule has 4 rings (SSSR count). The molecule has 0 spiro atoms. The molecule has 0 aliphatic heterocycles. The van der Waals surface area contributed by atoms with E-state index >= 15 is 0 Å². The number of nitrogens with one attached hydrogen (secondary N) is 1. The van der Waals surface area contributed by atoms with Gasteiger partial charge in [0.15, 0.2) is 0 Å². The van der Waals surface area contributed by atoms with Crippen molar-refractivity contribution in [2.75, 3.05) is 7.11 Å². The molecule has 9 nitrogen and oxygen atoms in total. The van der Waals surface area contributed by atoms with Gasteiger partial charge in [0, 0.05) is 12.1 Å². The summed E-state index contributed by atoms with van der Waals surface area (Å²) in [6, 6.07) is 11.8. The highest BCUT2D eigenvalue weighted by Crippen LogP contribution is 2.23. The number of methoxy groups -OCH3 is 1. The first-order chi connectivity index (χ1) is 14.9. The van der Waals surface area contributed by atoms with E-state index in [0.29, 0.717) is 22.8 Å². The second-order valence-electron chi connectivity index (χ2n) is 6.71. The van der Waals surface area contributed by atoms with Crippen molar-refractivity contribution in [2.45, 2.75) is 31.3 Å². The lowest BCUT2D eigenvalue weighted by atomic mass is 10.2. The van der Waals surface area contributed by atoms with Crippen LogP contribution in [-0.4, -0.2) is 30.2 Å². The molecule has 31 heavy (non-hydrogen) atoms. The first-order valence-electron chi connectivity index (χ1n) is 9.51. The van der Waals surface area contributed by atoms with Crippen LogP contribution in [0.25, 0.3) is 21.6 Å². The molecule has 0 fully saturated rings. The summed E-state index contributed by atoms with van der Waals surface area (Å²) in [7, 11) is -2.25. The molecule has 2 heterocycles. The molecule has 11 heteroatoms. The maximum atomic E-state index is 12.7. The van der Waals surface area contributed by atoms with Crippen LogP contribution in [-0.2, 0) is 23.1 Å². The molecule has 0 unspecified atom stereocenters. The third-order valence-electron chi connectivity index (χ3n) is 4.63. The van der Waals surface area contributed by atoms with E-state index in [4.69, 9.17) is 9.26 Å². The summed E-state index contributed by atoms with van der Waals surface area (Å²) in [5, 5.41) is 3.89. The predicted molar refractivity (Wildman–Crippen MR) is 117 cm³/mol. The number of aromatic nitrogens is 3. The Bertz CT molecular complexity index is 1370. The van der Waals surface area contributed by atoms with Gasteiger partial charge in [-0.25, -0.2) is 13.1 Å². The lowest BCUT2D eigenvalue weighted by Crippen LogP contribution is -2.23. The number of thiazole rings is 1. The number of nitrogens with zero attached hydrogens (tertiary/aromatic N) is 3. The van der Waals surface area contributed by atoms with Crippen molar-refractivity contribution < 1.29 is 17.7 Å². The van der Waals surface area contributed by atoms with Gasteiger partial charge >= 0.3 is 4.87 Å². The number of fused-ring (bicyclic) bond motifs is 1. The predicted octanol–water partition coefficient (Wildman–Crippen LogP) is 3.01. The third kappa shape index (κ3) is 4.38. The maximum absolute atomic E-state index is 12.7. The van der Waals surface area contributed by atoms with Crippen LogP contribution in [0, 0.1) is 0 Å². The van der Waals surface area contributed by atoms with Gasteiger partial charge in [-0.1, -0.05) is 23.4 Å². The van der Waals surface area contributed by atoms with Crippen molar-refractivity contribution in [3.8, 4) is 17.1 Å². The average molecular weight is 461 g/mol. The molecule has 0 amide bonds. The Morgan fingerprint density at radius 2 is 1.97 bits per heavy atom. The molecule has 0 saturated carbocycles. The highest BCUT2D eigenvalue weighted by Gasteiger charge is 2.18. The number of ether oxygens (including phenoxy) is 1. The monoisotopic (exact) mass is 460 g/mol. The van der Waals surface area contributed by atoms with Gasteiger partial charge in [-0.15, -0.1) is 0 Å². The zero-order valence-corrected chi connectivity index (χ0v) is 18.5. The van der Waals surface area contributed by atoms with Gasteiger partial charge in [0.1, 0.15) is 5.75 Å². The molecule has 0 radical (unpaired) electrons. The fraction of sp³-hybridized carbons (Fsp3) is 0.250. The number of benzene rings is 2. The second kappa shape index (κ2) is 8.61. The van der Waals surface area contributed by atoms with Crippen LogP contribution < -0.4 is 14.3 Å². The van der Waals surface area contributed by atoms with Gasteiger partial charge in [0.05, 0.1) is 28.8 Å². The smallest absolute Gasteiger partial charge is 0.308 e. The van der Waals surface area contributed by atoms with Crippen LogP contribution in [0.5, 0.6) is 5.75 Å². The fourth-order valence-corrected chi connectivity index (χ4v) is 5.10. The van der Waals surface area contributed by atoms with Crippen molar-refractivity contribution in [3.63, 3.8) is 0 Å². The first-order valence-corrected chi connectivity index (χ1v) is 11.8. The van der Waals surface area contributed by atoms with E-state index in [1.807, 2.05) is 6.92 Å². The summed E-state index contributed by atoms with van der Waals surface area (Å²) < 4.78 is 40.5.